The normalized spacial score (nSPS) is 12.5. The molecule has 0 amide bonds. The standard InChI is InChI=1S/C22H37/c1-3-4-5-6-7-8-9-10-11-12-13-15-18-21(2)22-19-16-14-17-20-22/h14,16,19-21H,3-13,15,18H2,1-2H3. The SMILES string of the molecule is CCCCCCCCCCCCCCC(C)c1c[c]ccc1. The van der Waals surface area contributed by atoms with E-state index in [1.54, 1.807) is 0 Å². The van der Waals surface area contributed by atoms with Crippen molar-refractivity contribution in [2.45, 2.75) is 103 Å². The summed E-state index contributed by atoms with van der Waals surface area (Å²) >= 11 is 0. The van der Waals surface area contributed by atoms with Crippen LogP contribution in [0.2, 0.25) is 0 Å². The van der Waals surface area contributed by atoms with Gasteiger partial charge in [-0.15, -0.1) is 0 Å². The van der Waals surface area contributed by atoms with Crippen LogP contribution in [0.5, 0.6) is 0 Å². The topological polar surface area (TPSA) is 0 Å². The Morgan fingerprint density at radius 3 is 1.86 bits per heavy atom. The lowest BCUT2D eigenvalue weighted by molar-refractivity contribution is 0.528. The van der Waals surface area contributed by atoms with Crippen molar-refractivity contribution in [2.24, 2.45) is 0 Å². The van der Waals surface area contributed by atoms with Crippen molar-refractivity contribution in [3.8, 4) is 0 Å². The van der Waals surface area contributed by atoms with Gasteiger partial charge in [-0.05, 0) is 24.0 Å². The highest BCUT2D eigenvalue weighted by Gasteiger charge is 2.04. The zero-order chi connectivity index (χ0) is 15.9. The van der Waals surface area contributed by atoms with E-state index in [1.807, 2.05) is 6.07 Å². The predicted molar refractivity (Wildman–Crippen MR) is 99.4 cm³/mol. The van der Waals surface area contributed by atoms with Gasteiger partial charge in [0.15, 0.2) is 0 Å². The molecule has 1 aromatic carbocycles. The predicted octanol–water partition coefficient (Wildman–Crippen LogP) is 7.68. The van der Waals surface area contributed by atoms with Crippen molar-refractivity contribution in [3.05, 3.63) is 35.9 Å². The summed E-state index contributed by atoms with van der Waals surface area (Å²) in [6.07, 6.45) is 18.6. The monoisotopic (exact) mass is 301 g/mol. The Balaban J connectivity index is 1.84. The van der Waals surface area contributed by atoms with Crippen LogP contribution in [-0.4, -0.2) is 0 Å². The third-order valence-electron chi connectivity index (χ3n) is 4.79. The van der Waals surface area contributed by atoms with E-state index in [9.17, 15) is 0 Å². The molecule has 0 nitrogen and oxygen atoms in total. The first-order chi connectivity index (χ1) is 10.8. The number of rotatable bonds is 14. The van der Waals surface area contributed by atoms with Gasteiger partial charge in [0.25, 0.3) is 0 Å². The number of hydrogen-bond acceptors (Lipinski definition) is 0. The Labute approximate surface area is 139 Å². The molecule has 0 aromatic heterocycles. The molecule has 0 spiro atoms. The minimum Gasteiger partial charge on any atom is -0.0654 e. The van der Waals surface area contributed by atoms with E-state index < -0.39 is 0 Å². The zero-order valence-corrected chi connectivity index (χ0v) is 15.1. The van der Waals surface area contributed by atoms with Crippen molar-refractivity contribution < 1.29 is 0 Å². The molecular formula is C22H37. The van der Waals surface area contributed by atoms with Gasteiger partial charge in [-0.25, -0.2) is 0 Å². The van der Waals surface area contributed by atoms with E-state index in [0.29, 0.717) is 5.92 Å². The molecule has 22 heavy (non-hydrogen) atoms. The molecule has 0 heterocycles. The molecule has 1 unspecified atom stereocenters. The zero-order valence-electron chi connectivity index (χ0n) is 15.1. The molecule has 125 valence electrons. The van der Waals surface area contributed by atoms with E-state index in [4.69, 9.17) is 0 Å². The molecule has 1 radical (unpaired) electrons. The van der Waals surface area contributed by atoms with Crippen LogP contribution in [0.3, 0.4) is 0 Å². The lowest BCUT2D eigenvalue weighted by Gasteiger charge is -2.11. The van der Waals surface area contributed by atoms with Gasteiger partial charge in [-0.1, -0.05) is 115 Å². The summed E-state index contributed by atoms with van der Waals surface area (Å²) in [4.78, 5) is 0. The summed E-state index contributed by atoms with van der Waals surface area (Å²) in [6, 6.07) is 11.7. The van der Waals surface area contributed by atoms with Gasteiger partial charge >= 0.3 is 0 Å². The molecule has 0 aliphatic rings. The fourth-order valence-corrected chi connectivity index (χ4v) is 3.17. The Morgan fingerprint density at radius 2 is 1.36 bits per heavy atom. The highest BCUT2D eigenvalue weighted by atomic mass is 14.1. The number of benzene rings is 1. The van der Waals surface area contributed by atoms with Crippen molar-refractivity contribution in [1.82, 2.24) is 0 Å². The first kappa shape index (κ1) is 19.3. The van der Waals surface area contributed by atoms with E-state index in [-0.39, 0.29) is 0 Å². The summed E-state index contributed by atoms with van der Waals surface area (Å²) in [7, 11) is 0. The summed E-state index contributed by atoms with van der Waals surface area (Å²) < 4.78 is 0. The van der Waals surface area contributed by atoms with Crippen molar-refractivity contribution in [2.75, 3.05) is 0 Å². The van der Waals surface area contributed by atoms with E-state index >= 15 is 0 Å². The van der Waals surface area contributed by atoms with Crippen LogP contribution in [0.1, 0.15) is 109 Å². The largest absolute Gasteiger partial charge is 0.0654 e. The molecular weight excluding hydrogens is 264 g/mol. The third-order valence-corrected chi connectivity index (χ3v) is 4.79. The lowest BCUT2D eigenvalue weighted by Crippen LogP contribution is -1.93. The van der Waals surface area contributed by atoms with E-state index in [0.717, 1.165) is 0 Å². The maximum absolute atomic E-state index is 3.19. The first-order valence-corrected chi connectivity index (χ1v) is 9.80. The lowest BCUT2D eigenvalue weighted by atomic mass is 9.95. The van der Waals surface area contributed by atoms with Gasteiger partial charge in [0.2, 0.25) is 0 Å². The summed E-state index contributed by atoms with van der Waals surface area (Å²) in [5.41, 5.74) is 1.45. The second kappa shape index (κ2) is 13.9. The average molecular weight is 302 g/mol. The third kappa shape index (κ3) is 10.0. The van der Waals surface area contributed by atoms with Crippen molar-refractivity contribution in [3.63, 3.8) is 0 Å². The van der Waals surface area contributed by atoms with Crippen LogP contribution in [0.15, 0.2) is 24.3 Å². The van der Waals surface area contributed by atoms with Gasteiger partial charge in [0, 0.05) is 0 Å². The summed E-state index contributed by atoms with van der Waals surface area (Å²) in [5, 5.41) is 0. The van der Waals surface area contributed by atoms with Crippen LogP contribution in [0.25, 0.3) is 0 Å². The minimum atomic E-state index is 0.695. The summed E-state index contributed by atoms with van der Waals surface area (Å²) in [5.74, 6) is 0.695. The molecule has 0 aliphatic heterocycles. The van der Waals surface area contributed by atoms with E-state index in [1.165, 1.54) is 89.0 Å². The van der Waals surface area contributed by atoms with Crippen LogP contribution in [0.4, 0.5) is 0 Å². The quantitative estimate of drug-likeness (QED) is 0.309. The van der Waals surface area contributed by atoms with E-state index in [2.05, 4.69) is 38.1 Å². The Hall–Kier alpha value is -0.780. The minimum absolute atomic E-state index is 0.695. The molecule has 1 aromatic rings. The average Bonchev–Trinajstić information content (AvgIpc) is 2.56. The van der Waals surface area contributed by atoms with Gasteiger partial charge in [0.05, 0.1) is 0 Å². The van der Waals surface area contributed by atoms with Gasteiger partial charge < -0.3 is 0 Å². The first-order valence-electron chi connectivity index (χ1n) is 9.80. The van der Waals surface area contributed by atoms with Crippen LogP contribution < -0.4 is 0 Å². The van der Waals surface area contributed by atoms with Crippen LogP contribution in [0, 0.1) is 6.07 Å². The molecule has 1 rings (SSSR count). The maximum atomic E-state index is 3.19. The molecule has 1 atom stereocenters. The van der Waals surface area contributed by atoms with Gasteiger partial charge in [-0.3, -0.25) is 0 Å². The Bertz CT molecular complexity index is 327. The second-order valence-corrected chi connectivity index (χ2v) is 6.92. The second-order valence-electron chi connectivity index (χ2n) is 6.92. The Morgan fingerprint density at radius 1 is 0.818 bits per heavy atom. The molecule has 0 fully saturated rings. The van der Waals surface area contributed by atoms with Crippen molar-refractivity contribution >= 4 is 0 Å². The van der Waals surface area contributed by atoms with Crippen LogP contribution in [-0.2, 0) is 0 Å². The smallest absolute Gasteiger partial charge is 0.0181 e. The van der Waals surface area contributed by atoms with Gasteiger partial charge in [-0.2, -0.15) is 0 Å². The highest BCUT2D eigenvalue weighted by Crippen LogP contribution is 2.21. The highest BCUT2D eigenvalue weighted by molar-refractivity contribution is 5.17. The molecule has 0 aliphatic carbocycles. The fourth-order valence-electron chi connectivity index (χ4n) is 3.17. The molecule has 0 saturated heterocycles. The van der Waals surface area contributed by atoms with Gasteiger partial charge in [0.1, 0.15) is 0 Å². The number of unbranched alkanes of at least 4 members (excludes halogenated alkanes) is 11. The Kier molecular flexibility index (Phi) is 12.1. The number of hydrogen-bond donors (Lipinski definition) is 0. The maximum Gasteiger partial charge on any atom is -0.0181 e. The summed E-state index contributed by atoms with van der Waals surface area (Å²) in [6.45, 7) is 4.64. The molecule has 0 saturated carbocycles. The fraction of sp³-hybridized carbons (Fsp3) is 0.727. The van der Waals surface area contributed by atoms with Crippen LogP contribution >= 0.6 is 0 Å². The molecule has 0 N–H and O–H groups in total. The molecule has 0 heteroatoms. The molecule has 0 bridgehead atoms. The van der Waals surface area contributed by atoms with Crippen molar-refractivity contribution in [1.29, 1.82) is 0 Å².